The van der Waals surface area contributed by atoms with E-state index in [1.54, 1.807) is 48.7 Å². The van der Waals surface area contributed by atoms with Crippen molar-refractivity contribution in [2.75, 3.05) is 24.6 Å². The molecule has 0 spiro atoms. The van der Waals surface area contributed by atoms with E-state index in [1.807, 2.05) is 23.1 Å². The van der Waals surface area contributed by atoms with Gasteiger partial charge in [-0.1, -0.05) is 24.3 Å². The van der Waals surface area contributed by atoms with E-state index in [0.29, 0.717) is 43.6 Å². The van der Waals surface area contributed by atoms with Gasteiger partial charge in [0.2, 0.25) is 0 Å². The number of nitrogens with one attached hydrogen (secondary N) is 1. The van der Waals surface area contributed by atoms with E-state index in [4.69, 9.17) is 5.26 Å². The Labute approximate surface area is 221 Å². The highest BCUT2D eigenvalue weighted by atomic mass is 32.2. The summed E-state index contributed by atoms with van der Waals surface area (Å²) in [6.07, 6.45) is 1.08. The van der Waals surface area contributed by atoms with Crippen molar-refractivity contribution in [2.45, 2.75) is 49.3 Å². The summed E-state index contributed by atoms with van der Waals surface area (Å²) in [5, 5.41) is 22.2. The second-order valence-corrected chi connectivity index (χ2v) is 13.7. The van der Waals surface area contributed by atoms with Crippen molar-refractivity contribution in [3.63, 3.8) is 0 Å². The Bertz CT molecular complexity index is 1630. The molecule has 1 aromatic heterocycles. The maximum Gasteiger partial charge on any atom is 0.264 e. The molecule has 2 heterocycles. The molecule has 10 heteroatoms. The Kier molecular flexibility index (Phi) is 6.32. The maximum absolute atomic E-state index is 13.4. The molecule has 0 radical (unpaired) electrons. The lowest BCUT2D eigenvalue weighted by Gasteiger charge is -2.37. The van der Waals surface area contributed by atoms with Gasteiger partial charge in [-0.3, -0.25) is 9.59 Å². The summed E-state index contributed by atoms with van der Waals surface area (Å²) in [6.45, 7) is 3.93. The van der Waals surface area contributed by atoms with Gasteiger partial charge in [-0.15, -0.1) is 0 Å². The van der Waals surface area contributed by atoms with Gasteiger partial charge in [-0.2, -0.15) is 5.26 Å². The molecule has 2 aromatic carbocycles. The first kappa shape index (κ1) is 25.9. The van der Waals surface area contributed by atoms with Crippen molar-refractivity contribution in [1.29, 1.82) is 5.26 Å². The lowest BCUT2D eigenvalue weighted by Crippen LogP contribution is -2.50. The van der Waals surface area contributed by atoms with E-state index < -0.39 is 37.4 Å². The summed E-state index contributed by atoms with van der Waals surface area (Å²) in [5.74, 6) is -0.480. The molecule has 2 N–H and O–H groups in total. The maximum atomic E-state index is 13.4. The van der Waals surface area contributed by atoms with E-state index in [-0.39, 0.29) is 12.1 Å². The van der Waals surface area contributed by atoms with Gasteiger partial charge >= 0.3 is 0 Å². The van der Waals surface area contributed by atoms with Crippen LogP contribution in [0.5, 0.6) is 0 Å². The summed E-state index contributed by atoms with van der Waals surface area (Å²) < 4.78 is 26.2. The number of aliphatic hydroxyl groups is 1. The van der Waals surface area contributed by atoms with Crippen LogP contribution in [0.3, 0.4) is 0 Å². The molecule has 0 bridgehead atoms. The molecule has 198 valence electrons. The highest BCUT2D eigenvalue weighted by Crippen LogP contribution is 2.49. The molecule has 1 aliphatic carbocycles. The van der Waals surface area contributed by atoms with Crippen molar-refractivity contribution in [3.05, 3.63) is 75.6 Å². The number of pyridine rings is 1. The Hall–Kier alpha value is -3.68. The average Bonchev–Trinajstić information content (AvgIpc) is 3.71. The summed E-state index contributed by atoms with van der Waals surface area (Å²) in [4.78, 5) is 28.4. The van der Waals surface area contributed by atoms with E-state index in [0.717, 1.165) is 16.6 Å². The number of para-hydroxylation sites is 1. The standard InChI is InChI=1S/C28H30N4O5S/c1-27(2,18-33)38(36,37)28(10-11-28)17-31-12-13-32-24-21(4-3-5-23(24)31)14-22(26(32)35)25(34)30-16-20-8-6-19(15-29)7-9-20/h3-9,14,33H,10-13,16-18H2,1-2H3,(H,30,34). The van der Waals surface area contributed by atoms with Crippen LogP contribution in [0.2, 0.25) is 0 Å². The number of nitriles is 1. The van der Waals surface area contributed by atoms with Gasteiger partial charge in [0.25, 0.3) is 11.5 Å². The Morgan fingerprint density at radius 1 is 1.16 bits per heavy atom. The van der Waals surface area contributed by atoms with E-state index >= 15 is 0 Å². The lowest BCUT2D eigenvalue weighted by molar-refractivity contribution is 0.0949. The van der Waals surface area contributed by atoms with Crippen molar-refractivity contribution in [1.82, 2.24) is 9.88 Å². The van der Waals surface area contributed by atoms with Crippen LogP contribution in [0.15, 0.2) is 53.3 Å². The number of rotatable bonds is 8. The quantitative estimate of drug-likeness (QED) is 0.453. The molecule has 0 atom stereocenters. The molecule has 1 amide bonds. The number of carbonyl (C=O) groups excluding carboxylic acids is 1. The Balaban J connectivity index is 1.43. The van der Waals surface area contributed by atoms with Crippen LogP contribution in [-0.2, 0) is 22.9 Å². The molecule has 5 rings (SSSR count). The third-order valence-corrected chi connectivity index (χ3v) is 11.0. The number of aliphatic hydroxyl groups excluding tert-OH is 1. The number of sulfone groups is 1. The largest absolute Gasteiger partial charge is 0.395 e. The summed E-state index contributed by atoms with van der Waals surface area (Å²) in [7, 11) is -3.61. The van der Waals surface area contributed by atoms with Crippen molar-refractivity contribution in [3.8, 4) is 6.07 Å². The van der Waals surface area contributed by atoms with Gasteiger partial charge in [-0.25, -0.2) is 8.42 Å². The molecule has 2 aliphatic rings. The number of hydrogen-bond donors (Lipinski definition) is 2. The number of amides is 1. The first-order valence-electron chi connectivity index (χ1n) is 12.6. The molecule has 0 saturated heterocycles. The fraction of sp³-hybridized carbons (Fsp3) is 0.393. The highest BCUT2D eigenvalue weighted by Gasteiger charge is 2.60. The minimum atomic E-state index is -3.61. The summed E-state index contributed by atoms with van der Waals surface area (Å²) in [5.41, 5.74) is 2.44. The first-order chi connectivity index (χ1) is 18.0. The van der Waals surface area contributed by atoms with Gasteiger partial charge in [0.1, 0.15) is 5.56 Å². The zero-order chi connectivity index (χ0) is 27.3. The molecule has 3 aromatic rings. The molecule has 38 heavy (non-hydrogen) atoms. The zero-order valence-corrected chi connectivity index (χ0v) is 22.2. The van der Waals surface area contributed by atoms with Gasteiger partial charge in [0.15, 0.2) is 9.84 Å². The fourth-order valence-electron chi connectivity index (χ4n) is 5.20. The second kappa shape index (κ2) is 9.26. The number of aromatic nitrogens is 1. The Morgan fingerprint density at radius 3 is 2.50 bits per heavy atom. The third-order valence-electron chi connectivity index (χ3n) is 7.77. The molecular formula is C28H30N4O5S. The molecule has 1 saturated carbocycles. The van der Waals surface area contributed by atoms with Gasteiger partial charge in [-0.05, 0) is 56.5 Å². The van der Waals surface area contributed by atoms with Crippen molar-refractivity contribution < 1.29 is 18.3 Å². The number of carbonyl (C=O) groups is 1. The van der Waals surface area contributed by atoms with Crippen LogP contribution >= 0.6 is 0 Å². The van der Waals surface area contributed by atoms with Crippen LogP contribution in [0.1, 0.15) is 48.2 Å². The van der Waals surface area contributed by atoms with Crippen LogP contribution in [0.4, 0.5) is 5.69 Å². The molecule has 1 fully saturated rings. The molecule has 9 nitrogen and oxygen atoms in total. The fourth-order valence-corrected chi connectivity index (χ4v) is 7.51. The van der Waals surface area contributed by atoms with Crippen LogP contribution < -0.4 is 15.8 Å². The topological polar surface area (TPSA) is 132 Å². The van der Waals surface area contributed by atoms with Crippen LogP contribution in [0, 0.1) is 11.3 Å². The number of anilines is 1. The predicted molar refractivity (Wildman–Crippen MR) is 145 cm³/mol. The van der Waals surface area contributed by atoms with Gasteiger partial charge in [0, 0.05) is 31.6 Å². The smallest absolute Gasteiger partial charge is 0.264 e. The summed E-state index contributed by atoms with van der Waals surface area (Å²) in [6, 6.07) is 16.1. The van der Waals surface area contributed by atoms with Gasteiger partial charge in [0.05, 0.1) is 38.9 Å². The Morgan fingerprint density at radius 2 is 1.87 bits per heavy atom. The van der Waals surface area contributed by atoms with Crippen molar-refractivity contribution >= 4 is 32.3 Å². The van der Waals surface area contributed by atoms with Gasteiger partial charge < -0.3 is 19.9 Å². The predicted octanol–water partition coefficient (Wildman–Crippen LogP) is 2.34. The molecule has 1 aliphatic heterocycles. The van der Waals surface area contributed by atoms with E-state index in [2.05, 4.69) is 11.4 Å². The first-order valence-corrected chi connectivity index (χ1v) is 14.1. The number of benzene rings is 2. The molecular weight excluding hydrogens is 504 g/mol. The minimum Gasteiger partial charge on any atom is -0.395 e. The van der Waals surface area contributed by atoms with Crippen molar-refractivity contribution in [2.24, 2.45) is 0 Å². The van der Waals surface area contributed by atoms with E-state index in [9.17, 15) is 23.1 Å². The normalized spacial score (nSPS) is 16.2. The van der Waals surface area contributed by atoms with E-state index in [1.165, 1.54) is 0 Å². The average molecular weight is 535 g/mol. The SMILES string of the molecule is CC(C)(CO)S(=O)(=O)C1(CN2CCn3c(=O)c(C(=O)NCc4ccc(C#N)cc4)cc4cccc2c43)CC1. The monoisotopic (exact) mass is 534 g/mol. The number of hydrogen-bond acceptors (Lipinski definition) is 7. The third kappa shape index (κ3) is 4.16. The minimum absolute atomic E-state index is 0.0441. The second-order valence-electron chi connectivity index (χ2n) is 10.7. The zero-order valence-electron chi connectivity index (χ0n) is 21.4. The van der Waals surface area contributed by atoms with Crippen LogP contribution in [-0.4, -0.2) is 53.2 Å². The number of nitrogens with zero attached hydrogens (tertiary/aromatic N) is 3. The summed E-state index contributed by atoms with van der Waals surface area (Å²) >= 11 is 0. The lowest BCUT2D eigenvalue weighted by atomic mass is 10.1. The van der Waals surface area contributed by atoms with Crippen LogP contribution in [0.25, 0.3) is 10.9 Å². The molecule has 0 unspecified atom stereocenters. The highest BCUT2D eigenvalue weighted by molar-refractivity contribution is 7.94.